The molecule has 168 valence electrons. The van der Waals surface area contributed by atoms with Gasteiger partial charge in [0.2, 0.25) is 0 Å². The van der Waals surface area contributed by atoms with Crippen LogP contribution in [0.3, 0.4) is 0 Å². The lowest BCUT2D eigenvalue weighted by molar-refractivity contribution is -0.123. The summed E-state index contributed by atoms with van der Waals surface area (Å²) in [6, 6.07) is 1.33. The zero-order chi connectivity index (χ0) is 22.6. The molecule has 3 aromatic rings. The van der Waals surface area contributed by atoms with Gasteiger partial charge in [-0.3, -0.25) is 4.40 Å². The summed E-state index contributed by atoms with van der Waals surface area (Å²) in [4.78, 5) is 22.9. The molecule has 4 rings (SSSR count). The molecule has 0 bridgehead atoms. The molecule has 0 unspecified atom stereocenters. The number of halogens is 3. The molecule has 7 nitrogen and oxygen atoms in total. The number of rotatable bonds is 3. The van der Waals surface area contributed by atoms with E-state index in [4.69, 9.17) is 0 Å². The van der Waals surface area contributed by atoms with E-state index in [9.17, 15) is 18.0 Å². The predicted octanol–water partition coefficient (Wildman–Crippen LogP) is 4.14. The maximum Gasteiger partial charge on any atom is 0.405 e. The van der Waals surface area contributed by atoms with Crippen LogP contribution in [-0.2, 0) is 5.54 Å². The summed E-state index contributed by atoms with van der Waals surface area (Å²) < 4.78 is 41.7. The highest BCUT2D eigenvalue weighted by atomic mass is 19.4. The number of hydrogen-bond acceptors (Lipinski definition) is 3. The SMILES string of the molecule is CC[C@@H]1CN(C(=O)NCC(F)(F)F)C[C@@H]1c1cnc2cnc3c(ccn3C(C)(C)C)n12. The summed E-state index contributed by atoms with van der Waals surface area (Å²) in [5.74, 6) is 0.102. The van der Waals surface area contributed by atoms with E-state index in [1.165, 1.54) is 4.90 Å². The summed E-state index contributed by atoms with van der Waals surface area (Å²) in [7, 11) is 0. The number of amides is 2. The van der Waals surface area contributed by atoms with Crippen molar-refractivity contribution in [3.8, 4) is 0 Å². The Hall–Kier alpha value is -2.78. The molecule has 4 heterocycles. The van der Waals surface area contributed by atoms with Gasteiger partial charge in [0.1, 0.15) is 6.54 Å². The highest BCUT2D eigenvalue weighted by molar-refractivity contribution is 5.77. The van der Waals surface area contributed by atoms with Gasteiger partial charge in [0.05, 0.1) is 11.7 Å². The van der Waals surface area contributed by atoms with Gasteiger partial charge in [0, 0.05) is 42.6 Å². The van der Waals surface area contributed by atoms with Gasteiger partial charge >= 0.3 is 12.2 Å². The van der Waals surface area contributed by atoms with Gasteiger partial charge in [-0.25, -0.2) is 14.8 Å². The van der Waals surface area contributed by atoms with Crippen molar-refractivity contribution in [3.63, 3.8) is 0 Å². The minimum Gasteiger partial charge on any atom is -0.329 e. The third kappa shape index (κ3) is 3.95. The molecule has 1 aliphatic heterocycles. The van der Waals surface area contributed by atoms with Crippen LogP contribution < -0.4 is 5.32 Å². The van der Waals surface area contributed by atoms with Gasteiger partial charge in [-0.05, 0) is 32.8 Å². The number of imidazole rings is 1. The molecule has 1 N–H and O–H groups in total. The van der Waals surface area contributed by atoms with Crippen LogP contribution in [0.25, 0.3) is 16.8 Å². The minimum atomic E-state index is -4.43. The fourth-order valence-corrected chi connectivity index (χ4v) is 4.45. The fraction of sp³-hybridized carbons (Fsp3) is 0.571. The molecule has 10 heteroatoms. The minimum absolute atomic E-state index is 0.0276. The maximum atomic E-state index is 12.5. The first-order chi connectivity index (χ1) is 14.5. The molecule has 1 saturated heterocycles. The lowest BCUT2D eigenvalue weighted by atomic mass is 9.91. The second-order valence-corrected chi connectivity index (χ2v) is 9.15. The van der Waals surface area contributed by atoms with E-state index in [2.05, 4.69) is 39.7 Å². The Bertz CT molecular complexity index is 1110. The number of urea groups is 1. The molecule has 1 fully saturated rings. The highest BCUT2D eigenvalue weighted by Gasteiger charge is 2.38. The molecule has 31 heavy (non-hydrogen) atoms. The summed E-state index contributed by atoms with van der Waals surface area (Å²) in [5, 5.41) is 1.99. The zero-order valence-electron chi connectivity index (χ0n) is 18.1. The smallest absolute Gasteiger partial charge is 0.329 e. The standard InChI is InChI=1S/C21H27F3N6O/c1-5-13-10-28(19(31)27-12-21(22,23)24)11-14(13)16-8-25-17-9-26-18-15(30(16)17)6-7-29(18)20(2,3)4/h6-9,13-14H,5,10-12H2,1-4H3,(H,27,31)/t13-,14+/m1/s1. The number of carbonyl (C=O) groups is 1. The normalized spacial score (nSPS) is 20.2. The van der Waals surface area contributed by atoms with Gasteiger partial charge in [-0.2, -0.15) is 13.2 Å². The number of likely N-dealkylation sites (tertiary alicyclic amines) is 1. The van der Waals surface area contributed by atoms with Crippen LogP contribution in [0, 0.1) is 5.92 Å². The molecule has 0 radical (unpaired) electrons. The summed E-state index contributed by atoms with van der Waals surface area (Å²) in [6.45, 7) is 7.78. The third-order valence-corrected chi connectivity index (χ3v) is 5.99. The van der Waals surface area contributed by atoms with E-state index in [0.717, 1.165) is 23.3 Å². The largest absolute Gasteiger partial charge is 0.405 e. The number of carbonyl (C=O) groups excluding carboxylic acids is 1. The Labute approximate surface area is 178 Å². The van der Waals surface area contributed by atoms with Crippen molar-refractivity contribution in [1.29, 1.82) is 0 Å². The molecular weight excluding hydrogens is 409 g/mol. The van der Waals surface area contributed by atoms with E-state index in [-0.39, 0.29) is 17.4 Å². The lowest BCUT2D eigenvalue weighted by Crippen LogP contribution is -2.42. The Morgan fingerprint density at radius 3 is 2.58 bits per heavy atom. The number of nitrogens with zero attached hydrogens (tertiary/aromatic N) is 5. The van der Waals surface area contributed by atoms with Gasteiger partial charge in [0.25, 0.3) is 0 Å². The molecule has 0 spiro atoms. The third-order valence-electron chi connectivity index (χ3n) is 5.99. The Morgan fingerprint density at radius 1 is 1.19 bits per heavy atom. The van der Waals surface area contributed by atoms with Gasteiger partial charge in [-0.1, -0.05) is 13.3 Å². The summed E-state index contributed by atoms with van der Waals surface area (Å²) in [6.07, 6.45) is 1.91. The fourth-order valence-electron chi connectivity index (χ4n) is 4.45. The van der Waals surface area contributed by atoms with Crippen LogP contribution in [0.15, 0.2) is 24.7 Å². The topological polar surface area (TPSA) is 67.5 Å². The van der Waals surface area contributed by atoms with Crippen molar-refractivity contribution in [2.75, 3.05) is 19.6 Å². The van der Waals surface area contributed by atoms with Crippen LogP contribution >= 0.6 is 0 Å². The van der Waals surface area contributed by atoms with E-state index >= 15 is 0 Å². The zero-order valence-corrected chi connectivity index (χ0v) is 18.1. The van der Waals surface area contributed by atoms with Gasteiger partial charge < -0.3 is 14.8 Å². The number of nitrogens with one attached hydrogen (secondary N) is 1. The van der Waals surface area contributed by atoms with Crippen LogP contribution in [0.5, 0.6) is 0 Å². The average Bonchev–Trinajstić information content (AvgIpc) is 3.38. The highest BCUT2D eigenvalue weighted by Crippen LogP contribution is 2.36. The average molecular weight is 436 g/mol. The first-order valence-corrected chi connectivity index (χ1v) is 10.4. The molecule has 3 aromatic heterocycles. The molecule has 0 aliphatic carbocycles. The van der Waals surface area contributed by atoms with E-state index < -0.39 is 18.8 Å². The van der Waals surface area contributed by atoms with Crippen molar-refractivity contribution in [2.45, 2.75) is 51.7 Å². The second-order valence-electron chi connectivity index (χ2n) is 9.15. The van der Waals surface area contributed by atoms with E-state index in [1.807, 2.05) is 24.5 Å². The monoisotopic (exact) mass is 436 g/mol. The van der Waals surface area contributed by atoms with Crippen molar-refractivity contribution in [3.05, 3.63) is 30.4 Å². The number of alkyl halides is 3. The van der Waals surface area contributed by atoms with Crippen LogP contribution in [0.4, 0.5) is 18.0 Å². The molecule has 2 amide bonds. The van der Waals surface area contributed by atoms with E-state index in [0.29, 0.717) is 18.7 Å². The molecular formula is C21H27F3N6O. The van der Waals surface area contributed by atoms with E-state index in [1.54, 1.807) is 12.4 Å². The quantitative estimate of drug-likeness (QED) is 0.671. The van der Waals surface area contributed by atoms with Crippen molar-refractivity contribution < 1.29 is 18.0 Å². The van der Waals surface area contributed by atoms with Crippen molar-refractivity contribution >= 4 is 22.8 Å². The van der Waals surface area contributed by atoms with Crippen LogP contribution in [0.1, 0.15) is 45.7 Å². The number of aromatic nitrogens is 4. The van der Waals surface area contributed by atoms with Crippen molar-refractivity contribution in [2.24, 2.45) is 5.92 Å². The second kappa shape index (κ2) is 7.42. The number of fused-ring (bicyclic) bond motifs is 3. The predicted molar refractivity (Wildman–Crippen MR) is 111 cm³/mol. The summed E-state index contributed by atoms with van der Waals surface area (Å²) >= 11 is 0. The Morgan fingerprint density at radius 2 is 1.94 bits per heavy atom. The van der Waals surface area contributed by atoms with Crippen LogP contribution in [-0.4, -0.2) is 55.7 Å². The Kier molecular flexibility index (Phi) is 5.13. The first kappa shape index (κ1) is 21.5. The lowest BCUT2D eigenvalue weighted by Gasteiger charge is -2.22. The van der Waals surface area contributed by atoms with Gasteiger partial charge in [0.15, 0.2) is 11.3 Å². The molecule has 0 saturated carbocycles. The molecule has 2 atom stereocenters. The van der Waals surface area contributed by atoms with Crippen molar-refractivity contribution in [1.82, 2.24) is 29.2 Å². The Balaban J connectivity index is 1.69. The number of hydrogen-bond donors (Lipinski definition) is 1. The first-order valence-electron chi connectivity index (χ1n) is 10.4. The van der Waals surface area contributed by atoms with Crippen LogP contribution in [0.2, 0.25) is 0 Å². The summed E-state index contributed by atoms with van der Waals surface area (Å²) in [5.41, 5.74) is 3.28. The molecule has 1 aliphatic rings. The van der Waals surface area contributed by atoms with Gasteiger partial charge in [-0.15, -0.1) is 0 Å². The molecule has 0 aromatic carbocycles. The maximum absolute atomic E-state index is 12.5.